The summed E-state index contributed by atoms with van der Waals surface area (Å²) in [6, 6.07) is 0. The fraction of sp³-hybridized carbons (Fsp3) is 0.333. The molecule has 0 aromatic heterocycles. The molecule has 0 N–H and O–H groups in total. The van der Waals surface area contributed by atoms with Crippen LogP contribution >= 0.6 is 11.6 Å². The summed E-state index contributed by atoms with van der Waals surface area (Å²) in [6.07, 6.45) is 0. The van der Waals surface area contributed by atoms with E-state index >= 15 is 0 Å². The molecule has 7 heavy (non-hydrogen) atoms. The first-order chi connectivity index (χ1) is 2.81. The van der Waals surface area contributed by atoms with E-state index in [0.717, 1.165) is 5.54 Å². The van der Waals surface area contributed by atoms with Gasteiger partial charge in [-0.3, -0.25) is 0 Å². The maximum atomic E-state index is 9.77. The molecule has 0 rings (SSSR count). The molecule has 0 atom stereocenters. The molecular formula is C3H4ClLiO2. The second-order valence-electron chi connectivity index (χ2n) is 0.632. The largest absolute Gasteiger partial charge is 1.00 e. The van der Waals surface area contributed by atoms with Crippen molar-refractivity contribution in [2.75, 3.05) is 7.11 Å². The molecule has 0 aromatic carbocycles. The van der Waals surface area contributed by atoms with Crippen LogP contribution in [0.3, 0.4) is 0 Å². The second kappa shape index (κ2) is 6.23. The van der Waals surface area contributed by atoms with E-state index in [4.69, 9.17) is 11.6 Å². The molecular weight excluding hydrogens is 110 g/mol. The van der Waals surface area contributed by atoms with Gasteiger partial charge in [0.05, 0.1) is 5.95 Å². The van der Waals surface area contributed by atoms with Crippen molar-refractivity contribution < 1.29 is 28.7 Å². The summed E-state index contributed by atoms with van der Waals surface area (Å²) < 4.78 is 4.07. The van der Waals surface area contributed by atoms with Crippen molar-refractivity contribution in [3.63, 3.8) is 0 Å². The summed E-state index contributed by atoms with van der Waals surface area (Å²) >= 11 is 4.85. The molecule has 4 heteroatoms. The van der Waals surface area contributed by atoms with Gasteiger partial charge in [0.25, 0.3) is 0 Å². The summed E-state index contributed by atoms with van der Waals surface area (Å²) in [5, 5.41) is 9.77. The van der Waals surface area contributed by atoms with Crippen molar-refractivity contribution in [3.8, 4) is 0 Å². The van der Waals surface area contributed by atoms with Crippen LogP contribution in [0.2, 0.25) is 0 Å². The molecule has 0 unspecified atom stereocenters. The molecule has 0 spiro atoms. The van der Waals surface area contributed by atoms with E-state index in [1.807, 2.05) is 0 Å². The van der Waals surface area contributed by atoms with Crippen molar-refractivity contribution >= 4 is 11.6 Å². The van der Waals surface area contributed by atoms with Gasteiger partial charge < -0.3 is 9.84 Å². The average molecular weight is 114 g/mol. The fourth-order valence-corrected chi connectivity index (χ4v) is 0.134. The molecule has 0 heterocycles. The van der Waals surface area contributed by atoms with Gasteiger partial charge in [-0.05, 0) is 7.11 Å². The molecule has 0 radical (unpaired) electrons. The van der Waals surface area contributed by atoms with Crippen molar-refractivity contribution in [2.45, 2.75) is 0 Å². The van der Waals surface area contributed by atoms with Gasteiger partial charge >= 0.3 is 18.9 Å². The van der Waals surface area contributed by atoms with E-state index in [1.165, 1.54) is 7.11 Å². The standard InChI is InChI=1S/C3H5ClO2.Li/c1-6-3(5)2-4;/h2,5H,1H3;/q;+1/p-1/b3-2-;. The van der Waals surface area contributed by atoms with E-state index in [0.29, 0.717) is 0 Å². The second-order valence-corrected chi connectivity index (χ2v) is 0.850. The molecule has 2 nitrogen and oxygen atoms in total. The van der Waals surface area contributed by atoms with Gasteiger partial charge in [-0.2, -0.15) is 0 Å². The monoisotopic (exact) mass is 114 g/mol. The van der Waals surface area contributed by atoms with Crippen LogP contribution in [0.4, 0.5) is 0 Å². The minimum absolute atomic E-state index is 0. The smallest absolute Gasteiger partial charge is 0.616 e. The van der Waals surface area contributed by atoms with Crippen LogP contribution in [0.15, 0.2) is 11.5 Å². The van der Waals surface area contributed by atoms with Crippen molar-refractivity contribution in [1.29, 1.82) is 0 Å². The van der Waals surface area contributed by atoms with Gasteiger partial charge in [0.1, 0.15) is 0 Å². The van der Waals surface area contributed by atoms with E-state index < -0.39 is 5.95 Å². The van der Waals surface area contributed by atoms with E-state index in [-0.39, 0.29) is 18.9 Å². The molecule has 0 bridgehead atoms. The van der Waals surface area contributed by atoms with Crippen LogP contribution < -0.4 is 24.0 Å². The Hall–Kier alpha value is 0.227. The van der Waals surface area contributed by atoms with E-state index in [9.17, 15) is 5.11 Å². The molecule has 0 aliphatic carbocycles. The van der Waals surface area contributed by atoms with E-state index in [2.05, 4.69) is 4.74 Å². The Kier molecular flexibility index (Phi) is 9.13. The van der Waals surface area contributed by atoms with E-state index in [1.54, 1.807) is 0 Å². The normalized spacial score (nSPS) is 9.71. The van der Waals surface area contributed by atoms with Crippen LogP contribution in [0, 0.1) is 0 Å². The van der Waals surface area contributed by atoms with Crippen LogP contribution in [0.25, 0.3) is 0 Å². The number of methoxy groups -OCH3 is 1. The van der Waals surface area contributed by atoms with Crippen molar-refractivity contribution in [3.05, 3.63) is 11.5 Å². The van der Waals surface area contributed by atoms with Crippen molar-refractivity contribution in [1.82, 2.24) is 0 Å². The van der Waals surface area contributed by atoms with Crippen LogP contribution in [-0.4, -0.2) is 7.11 Å². The first-order valence-corrected chi connectivity index (χ1v) is 1.76. The number of hydrogen-bond donors (Lipinski definition) is 0. The third-order valence-corrected chi connectivity index (χ3v) is 0.468. The summed E-state index contributed by atoms with van der Waals surface area (Å²) in [7, 11) is 1.27. The maximum absolute atomic E-state index is 9.77. The summed E-state index contributed by atoms with van der Waals surface area (Å²) in [6.45, 7) is 0. The number of rotatable bonds is 1. The SMILES string of the molecule is CO/C([O-])=C\Cl.[Li+]. The fourth-order valence-electron chi connectivity index (χ4n) is 0.0445. The molecule has 0 fully saturated rings. The molecule has 0 saturated heterocycles. The summed E-state index contributed by atoms with van der Waals surface area (Å²) in [5.41, 5.74) is 0.833. The zero-order valence-electron chi connectivity index (χ0n) is 4.27. The third-order valence-electron chi connectivity index (χ3n) is 0.290. The van der Waals surface area contributed by atoms with Crippen LogP contribution in [0.5, 0.6) is 0 Å². The average Bonchev–Trinajstić information content (AvgIpc) is 1.65. The Labute approximate surface area is 59.3 Å². The summed E-state index contributed by atoms with van der Waals surface area (Å²) in [5.74, 6) is -0.517. The predicted octanol–water partition coefficient (Wildman–Crippen LogP) is -2.97. The first-order valence-electron chi connectivity index (χ1n) is 1.32. The Morgan fingerprint density at radius 3 is 2.29 bits per heavy atom. The van der Waals surface area contributed by atoms with Crippen LogP contribution in [0.1, 0.15) is 0 Å². The summed E-state index contributed by atoms with van der Waals surface area (Å²) in [4.78, 5) is 0. The Balaban J connectivity index is 0. The minimum Gasteiger partial charge on any atom is -0.616 e. The number of ether oxygens (including phenoxy) is 1. The molecule has 36 valence electrons. The maximum Gasteiger partial charge on any atom is 1.00 e. The zero-order chi connectivity index (χ0) is 4.99. The Bertz CT molecular complexity index is 64.0. The van der Waals surface area contributed by atoms with Gasteiger partial charge in [0.15, 0.2) is 0 Å². The van der Waals surface area contributed by atoms with Gasteiger partial charge in [-0.25, -0.2) is 0 Å². The molecule has 0 amide bonds. The topological polar surface area (TPSA) is 32.3 Å². The van der Waals surface area contributed by atoms with Gasteiger partial charge in [0, 0.05) is 5.54 Å². The van der Waals surface area contributed by atoms with Gasteiger partial charge in [-0.15, -0.1) is 0 Å². The Morgan fingerprint density at radius 1 is 1.86 bits per heavy atom. The first kappa shape index (κ1) is 10.3. The quantitative estimate of drug-likeness (QED) is 0.269. The van der Waals surface area contributed by atoms with Crippen molar-refractivity contribution in [2.24, 2.45) is 0 Å². The third kappa shape index (κ3) is 6.23. The molecule has 0 saturated carbocycles. The number of hydrogen-bond acceptors (Lipinski definition) is 2. The molecule has 0 aliphatic heterocycles. The van der Waals surface area contributed by atoms with Gasteiger partial charge in [0.2, 0.25) is 0 Å². The number of halogens is 1. The zero-order valence-corrected chi connectivity index (χ0v) is 5.03. The Morgan fingerprint density at radius 2 is 2.29 bits per heavy atom. The van der Waals surface area contributed by atoms with Crippen LogP contribution in [-0.2, 0) is 4.74 Å². The molecule has 0 aromatic rings. The molecule has 0 aliphatic rings. The predicted molar refractivity (Wildman–Crippen MR) is 20.9 cm³/mol. The minimum atomic E-state index is -0.517. The van der Waals surface area contributed by atoms with Gasteiger partial charge in [-0.1, -0.05) is 11.6 Å².